The number of amides is 2. The van der Waals surface area contributed by atoms with Crippen molar-refractivity contribution < 1.29 is 19.1 Å². The molecule has 0 aliphatic heterocycles. The van der Waals surface area contributed by atoms with Gasteiger partial charge in [-0.05, 0) is 42.2 Å². The Balaban J connectivity index is 1.89. The van der Waals surface area contributed by atoms with Crippen molar-refractivity contribution in [1.29, 1.82) is 0 Å². The molecule has 7 heteroatoms. The van der Waals surface area contributed by atoms with Crippen molar-refractivity contribution in [3.63, 3.8) is 0 Å². The highest BCUT2D eigenvalue weighted by molar-refractivity contribution is 6.05. The monoisotopic (exact) mass is 425 g/mol. The van der Waals surface area contributed by atoms with E-state index in [1.807, 2.05) is 24.3 Å². The van der Waals surface area contributed by atoms with Gasteiger partial charge in [-0.2, -0.15) is 0 Å². The van der Waals surface area contributed by atoms with Gasteiger partial charge in [0, 0.05) is 25.2 Å². The smallest absolute Gasteiger partial charge is 0.339 e. The number of fused-ring (bicyclic) bond motifs is 2. The van der Waals surface area contributed by atoms with E-state index in [1.165, 1.54) is 19.0 Å². The number of aryl methyl sites for hydroxylation is 1. The first-order valence-electron chi connectivity index (χ1n) is 10.6. The number of hydrogen-bond donors (Lipinski definition) is 1. The summed E-state index contributed by atoms with van der Waals surface area (Å²) in [5.74, 6) is -0.817. The molecular formula is C24H31N3O4. The normalized spacial score (nSPS) is 15.8. The molecule has 0 fully saturated rings. The van der Waals surface area contributed by atoms with Gasteiger partial charge >= 0.3 is 5.97 Å². The van der Waals surface area contributed by atoms with Crippen LogP contribution in [0.1, 0.15) is 48.8 Å². The minimum atomic E-state index is -0.522. The van der Waals surface area contributed by atoms with Gasteiger partial charge in [-0.3, -0.25) is 14.6 Å². The highest BCUT2D eigenvalue weighted by atomic mass is 16.5. The van der Waals surface area contributed by atoms with Crippen LogP contribution < -0.4 is 5.32 Å². The molecule has 31 heavy (non-hydrogen) atoms. The van der Waals surface area contributed by atoms with Gasteiger partial charge in [0.25, 0.3) is 5.91 Å². The fraction of sp³-hybridized carbons (Fsp3) is 0.500. The van der Waals surface area contributed by atoms with E-state index in [0.717, 1.165) is 41.4 Å². The summed E-state index contributed by atoms with van der Waals surface area (Å²) >= 11 is 0. The molecule has 0 saturated heterocycles. The number of carbonyl (C=O) groups excluding carboxylic acids is 3. The fourth-order valence-electron chi connectivity index (χ4n) is 4.05. The van der Waals surface area contributed by atoms with Crippen molar-refractivity contribution in [2.75, 3.05) is 27.2 Å². The van der Waals surface area contributed by atoms with Crippen molar-refractivity contribution in [1.82, 2.24) is 15.2 Å². The first kappa shape index (κ1) is 22.7. The lowest BCUT2D eigenvalue weighted by atomic mass is 9.70. The minimum Gasteiger partial charge on any atom is -0.452 e. The van der Waals surface area contributed by atoms with Crippen molar-refractivity contribution >= 4 is 28.7 Å². The Morgan fingerprint density at radius 3 is 2.61 bits per heavy atom. The van der Waals surface area contributed by atoms with E-state index in [0.29, 0.717) is 11.5 Å². The molecule has 1 N–H and O–H groups in total. The molecule has 1 atom stereocenters. The number of hydrogen-bond acceptors (Lipinski definition) is 5. The third-order valence-corrected chi connectivity index (χ3v) is 6.10. The van der Waals surface area contributed by atoms with Crippen LogP contribution in [-0.2, 0) is 27.2 Å². The maximum Gasteiger partial charge on any atom is 0.339 e. The number of rotatable bonds is 5. The summed E-state index contributed by atoms with van der Waals surface area (Å²) in [6.07, 6.45) is 2.60. The molecule has 7 nitrogen and oxygen atoms in total. The van der Waals surface area contributed by atoms with Crippen LogP contribution in [0.2, 0.25) is 0 Å². The Labute approximate surface area is 183 Å². The second-order valence-electron chi connectivity index (χ2n) is 9.23. The van der Waals surface area contributed by atoms with Gasteiger partial charge in [0.1, 0.15) is 0 Å². The lowest BCUT2D eigenvalue weighted by molar-refractivity contribution is -0.137. The number of ether oxygens (including phenoxy) is 1. The van der Waals surface area contributed by atoms with E-state index < -0.39 is 18.5 Å². The molecule has 0 saturated carbocycles. The quantitative estimate of drug-likeness (QED) is 0.744. The van der Waals surface area contributed by atoms with E-state index in [-0.39, 0.29) is 17.9 Å². The number of nitrogens with one attached hydrogen (secondary N) is 1. The van der Waals surface area contributed by atoms with Gasteiger partial charge in [-0.15, -0.1) is 0 Å². The van der Waals surface area contributed by atoms with Gasteiger partial charge in [-0.1, -0.05) is 39.0 Å². The summed E-state index contributed by atoms with van der Waals surface area (Å²) < 4.78 is 5.43. The molecule has 1 aromatic carbocycles. The van der Waals surface area contributed by atoms with Crippen LogP contribution >= 0.6 is 0 Å². The second kappa shape index (κ2) is 9.04. The Bertz CT molecular complexity index is 1010. The molecule has 2 amide bonds. The lowest BCUT2D eigenvalue weighted by Gasteiger charge is -2.35. The van der Waals surface area contributed by atoms with E-state index in [1.54, 1.807) is 0 Å². The molecule has 166 valence electrons. The number of para-hydroxylation sites is 1. The summed E-state index contributed by atoms with van der Waals surface area (Å²) in [6, 6.07) is 7.54. The summed E-state index contributed by atoms with van der Waals surface area (Å²) in [6.45, 7) is 6.15. The van der Waals surface area contributed by atoms with Gasteiger partial charge < -0.3 is 15.0 Å². The summed E-state index contributed by atoms with van der Waals surface area (Å²) in [5, 5.41) is 3.21. The predicted octanol–water partition coefficient (Wildman–Crippen LogP) is 2.75. The van der Waals surface area contributed by atoms with E-state index in [4.69, 9.17) is 9.72 Å². The van der Waals surface area contributed by atoms with Gasteiger partial charge in [0.15, 0.2) is 6.61 Å². The van der Waals surface area contributed by atoms with E-state index in [9.17, 15) is 14.4 Å². The fourth-order valence-corrected chi connectivity index (χ4v) is 4.05. The minimum absolute atomic E-state index is 0.0896. The highest BCUT2D eigenvalue weighted by Crippen LogP contribution is 2.39. The molecular weight excluding hydrogens is 394 g/mol. The van der Waals surface area contributed by atoms with Crippen LogP contribution in [-0.4, -0.2) is 54.9 Å². The molecule has 0 bridgehead atoms. The van der Waals surface area contributed by atoms with E-state index >= 15 is 0 Å². The third kappa shape index (κ3) is 5.03. The zero-order valence-corrected chi connectivity index (χ0v) is 18.9. The maximum atomic E-state index is 13.2. The first-order chi connectivity index (χ1) is 14.6. The Hall–Kier alpha value is -2.96. The van der Waals surface area contributed by atoms with Crippen LogP contribution in [0.3, 0.4) is 0 Å². The van der Waals surface area contributed by atoms with E-state index in [2.05, 4.69) is 26.1 Å². The number of carbonyl (C=O) groups is 3. The van der Waals surface area contributed by atoms with Crippen LogP contribution in [0.15, 0.2) is 24.3 Å². The Morgan fingerprint density at radius 2 is 1.94 bits per heavy atom. The maximum absolute atomic E-state index is 13.2. The van der Waals surface area contributed by atoms with Gasteiger partial charge in [0.05, 0.1) is 17.6 Å². The number of benzene rings is 1. The summed E-state index contributed by atoms with van der Waals surface area (Å²) in [7, 11) is 3.01. The number of nitrogens with zero attached hydrogens (tertiary/aromatic N) is 2. The molecule has 2 aromatic rings. The van der Waals surface area contributed by atoms with Crippen LogP contribution in [0.25, 0.3) is 10.9 Å². The topological polar surface area (TPSA) is 88.6 Å². The third-order valence-electron chi connectivity index (χ3n) is 6.10. The van der Waals surface area contributed by atoms with Crippen molar-refractivity contribution in [2.45, 2.75) is 40.0 Å². The van der Waals surface area contributed by atoms with Crippen molar-refractivity contribution in [3.8, 4) is 0 Å². The standard InChI is InChI=1S/C24H31N3O4/c1-24(2,3)15-10-11-19-17(12-15)22(16-8-6-7-9-18(16)26-19)23(30)31-14-21(29)27(5)13-20(28)25-4/h6-9,15H,10-14H2,1-5H3,(H,25,28)/t15-/m1/s1. The van der Waals surface area contributed by atoms with Gasteiger partial charge in [-0.25, -0.2) is 4.79 Å². The molecule has 1 aliphatic carbocycles. The number of likely N-dealkylation sites (N-methyl/N-ethyl adjacent to an activating group) is 2. The predicted molar refractivity (Wildman–Crippen MR) is 119 cm³/mol. The molecule has 1 heterocycles. The van der Waals surface area contributed by atoms with Crippen molar-refractivity contribution in [2.24, 2.45) is 11.3 Å². The largest absolute Gasteiger partial charge is 0.452 e. The van der Waals surface area contributed by atoms with Crippen LogP contribution in [0.5, 0.6) is 0 Å². The second-order valence-corrected chi connectivity index (χ2v) is 9.23. The Morgan fingerprint density at radius 1 is 1.23 bits per heavy atom. The number of aromatic nitrogens is 1. The lowest BCUT2D eigenvalue weighted by Crippen LogP contribution is -2.39. The average Bonchev–Trinajstić information content (AvgIpc) is 2.74. The van der Waals surface area contributed by atoms with Crippen LogP contribution in [0.4, 0.5) is 0 Å². The molecule has 1 aliphatic rings. The first-order valence-corrected chi connectivity index (χ1v) is 10.6. The Kier molecular flexibility index (Phi) is 6.62. The molecule has 0 radical (unpaired) electrons. The number of esters is 1. The molecule has 0 spiro atoms. The van der Waals surface area contributed by atoms with Crippen LogP contribution in [0, 0.1) is 11.3 Å². The van der Waals surface area contributed by atoms with Crippen molar-refractivity contribution in [3.05, 3.63) is 41.1 Å². The molecule has 3 rings (SSSR count). The average molecular weight is 426 g/mol. The summed E-state index contributed by atoms with van der Waals surface area (Å²) in [5.41, 5.74) is 3.25. The molecule has 0 unspecified atom stereocenters. The van der Waals surface area contributed by atoms with Gasteiger partial charge in [0.2, 0.25) is 5.91 Å². The number of pyridine rings is 1. The molecule has 1 aromatic heterocycles. The highest BCUT2D eigenvalue weighted by Gasteiger charge is 2.33. The SMILES string of the molecule is CNC(=O)CN(C)C(=O)COC(=O)c1c2c(nc3ccccc13)CC[C@@H](C(C)(C)C)C2. The summed E-state index contributed by atoms with van der Waals surface area (Å²) in [4.78, 5) is 43.1. The zero-order valence-electron chi connectivity index (χ0n) is 18.9. The zero-order chi connectivity index (χ0) is 22.8.